The summed E-state index contributed by atoms with van der Waals surface area (Å²) in [5, 5.41) is 0.799. The molecule has 2 rings (SSSR count). The van der Waals surface area contributed by atoms with E-state index in [-0.39, 0.29) is 12.8 Å². The summed E-state index contributed by atoms with van der Waals surface area (Å²) in [5.41, 5.74) is 5.65. The molecule has 1 aliphatic carbocycles. The van der Waals surface area contributed by atoms with Crippen molar-refractivity contribution in [2.75, 3.05) is 0 Å². The molecule has 0 heterocycles. The van der Waals surface area contributed by atoms with Gasteiger partial charge in [-0.05, 0) is 43.0 Å². The van der Waals surface area contributed by atoms with Crippen LogP contribution in [-0.4, -0.2) is 6.18 Å². The highest BCUT2D eigenvalue weighted by molar-refractivity contribution is 6.33. The number of benzene rings is 1. The molecule has 0 aliphatic heterocycles. The fourth-order valence-electron chi connectivity index (χ4n) is 2.71. The van der Waals surface area contributed by atoms with Gasteiger partial charge in [-0.3, -0.25) is 0 Å². The van der Waals surface area contributed by atoms with E-state index < -0.39 is 17.6 Å². The molecule has 0 spiro atoms. The molecule has 1 aliphatic rings. The van der Waals surface area contributed by atoms with Crippen molar-refractivity contribution in [3.8, 4) is 0 Å². The molecule has 1 nitrogen and oxygen atoms in total. The predicted molar refractivity (Wildman–Crippen MR) is 70.3 cm³/mol. The van der Waals surface area contributed by atoms with Crippen LogP contribution in [0.25, 0.3) is 0 Å². The Bertz CT molecular complexity index is 475. The van der Waals surface area contributed by atoms with Crippen LogP contribution in [-0.2, 0) is 5.54 Å². The molecule has 0 saturated heterocycles. The van der Waals surface area contributed by atoms with Gasteiger partial charge in [0.2, 0.25) is 0 Å². The Morgan fingerprint density at radius 3 is 2.58 bits per heavy atom. The zero-order valence-corrected chi connectivity index (χ0v) is 11.6. The van der Waals surface area contributed by atoms with Gasteiger partial charge in [-0.1, -0.05) is 29.6 Å². The number of hydrogen-bond donors (Lipinski definition) is 1. The lowest BCUT2D eigenvalue weighted by Gasteiger charge is -2.39. The second kappa shape index (κ2) is 5.15. The normalized spacial score (nSPS) is 28.4. The van der Waals surface area contributed by atoms with Crippen LogP contribution in [0.4, 0.5) is 13.2 Å². The predicted octanol–water partition coefficient (Wildman–Crippen LogP) is 4.90. The third-order valence-electron chi connectivity index (χ3n) is 3.71. The van der Waals surface area contributed by atoms with Crippen LogP contribution in [0.2, 0.25) is 10.0 Å². The summed E-state index contributed by atoms with van der Waals surface area (Å²) in [6, 6.07) is 4.74. The molecule has 2 unspecified atom stereocenters. The molecule has 0 radical (unpaired) electrons. The van der Waals surface area contributed by atoms with Gasteiger partial charge in [0, 0.05) is 15.6 Å². The van der Waals surface area contributed by atoms with Crippen molar-refractivity contribution in [1.29, 1.82) is 0 Å². The highest BCUT2D eigenvalue weighted by atomic mass is 35.5. The quantitative estimate of drug-likeness (QED) is 0.784. The van der Waals surface area contributed by atoms with E-state index in [0.29, 0.717) is 28.5 Å². The zero-order valence-electron chi connectivity index (χ0n) is 10.1. The summed E-state index contributed by atoms with van der Waals surface area (Å²) in [6.07, 6.45) is -3.31. The van der Waals surface area contributed by atoms with Crippen LogP contribution in [0.1, 0.15) is 31.2 Å². The van der Waals surface area contributed by atoms with Gasteiger partial charge in [0.25, 0.3) is 0 Å². The number of rotatable bonds is 1. The maximum atomic E-state index is 12.9. The minimum absolute atomic E-state index is 0.126. The van der Waals surface area contributed by atoms with Crippen molar-refractivity contribution in [3.63, 3.8) is 0 Å². The fourth-order valence-corrected chi connectivity index (χ4v) is 3.19. The van der Waals surface area contributed by atoms with E-state index in [1.165, 1.54) is 0 Å². The highest BCUT2D eigenvalue weighted by Gasteiger charge is 2.47. The molecule has 6 heteroatoms. The van der Waals surface area contributed by atoms with E-state index in [0.717, 1.165) is 0 Å². The lowest BCUT2D eigenvalue weighted by molar-refractivity contribution is -0.187. The first-order chi connectivity index (χ1) is 8.72. The van der Waals surface area contributed by atoms with Crippen LogP contribution in [0, 0.1) is 5.92 Å². The molecule has 19 heavy (non-hydrogen) atoms. The summed E-state index contributed by atoms with van der Waals surface area (Å²) in [7, 11) is 0. The standard InChI is InChI=1S/C13H14Cl2F3N/c14-9-3-4-11(15)10(6-9)12(19)5-1-2-8(7-12)13(16,17)18/h3-4,6,8H,1-2,5,7,19H2. The molecule has 0 amide bonds. The zero-order chi connectivity index (χ0) is 14.3. The molecule has 1 saturated carbocycles. The summed E-state index contributed by atoms with van der Waals surface area (Å²) >= 11 is 11.9. The Morgan fingerprint density at radius 1 is 1.26 bits per heavy atom. The Labute approximate surface area is 119 Å². The molecule has 1 aromatic carbocycles. The van der Waals surface area contributed by atoms with E-state index in [2.05, 4.69) is 0 Å². The van der Waals surface area contributed by atoms with Gasteiger partial charge in [-0.2, -0.15) is 13.2 Å². The van der Waals surface area contributed by atoms with Crippen molar-refractivity contribution in [3.05, 3.63) is 33.8 Å². The Balaban J connectivity index is 2.34. The largest absolute Gasteiger partial charge is 0.391 e. The van der Waals surface area contributed by atoms with Gasteiger partial charge in [-0.15, -0.1) is 0 Å². The SMILES string of the molecule is NC1(c2cc(Cl)ccc2Cl)CCCC(C(F)(F)F)C1. The van der Waals surface area contributed by atoms with E-state index in [4.69, 9.17) is 28.9 Å². The average molecular weight is 312 g/mol. The van der Waals surface area contributed by atoms with Crippen molar-refractivity contribution in [2.24, 2.45) is 11.7 Å². The van der Waals surface area contributed by atoms with E-state index in [1.54, 1.807) is 18.2 Å². The molecular weight excluding hydrogens is 298 g/mol. The van der Waals surface area contributed by atoms with Gasteiger partial charge < -0.3 is 5.73 Å². The van der Waals surface area contributed by atoms with Gasteiger partial charge in [0.15, 0.2) is 0 Å². The third kappa shape index (κ3) is 3.18. The fraction of sp³-hybridized carbons (Fsp3) is 0.538. The number of alkyl halides is 3. The van der Waals surface area contributed by atoms with E-state index in [9.17, 15) is 13.2 Å². The van der Waals surface area contributed by atoms with Crippen LogP contribution in [0.5, 0.6) is 0 Å². The highest BCUT2D eigenvalue weighted by Crippen LogP contribution is 2.46. The van der Waals surface area contributed by atoms with Gasteiger partial charge in [0.05, 0.1) is 5.92 Å². The number of nitrogens with two attached hydrogens (primary N) is 1. The van der Waals surface area contributed by atoms with E-state index >= 15 is 0 Å². The number of halogens is 5. The first-order valence-corrected chi connectivity index (χ1v) is 6.79. The maximum Gasteiger partial charge on any atom is 0.391 e. The smallest absolute Gasteiger partial charge is 0.321 e. The van der Waals surface area contributed by atoms with Crippen molar-refractivity contribution < 1.29 is 13.2 Å². The summed E-state index contributed by atoms with van der Waals surface area (Å²) in [5.74, 6) is -1.37. The van der Waals surface area contributed by atoms with Crippen LogP contribution in [0.3, 0.4) is 0 Å². The third-order valence-corrected chi connectivity index (χ3v) is 4.28. The summed E-state index contributed by atoms with van der Waals surface area (Å²) in [6.45, 7) is 0. The van der Waals surface area contributed by atoms with Gasteiger partial charge in [-0.25, -0.2) is 0 Å². The molecule has 1 fully saturated rings. The number of hydrogen-bond acceptors (Lipinski definition) is 1. The first-order valence-electron chi connectivity index (χ1n) is 6.03. The van der Waals surface area contributed by atoms with Crippen LogP contribution >= 0.6 is 23.2 Å². The van der Waals surface area contributed by atoms with Crippen LogP contribution in [0.15, 0.2) is 18.2 Å². The summed E-state index contributed by atoms with van der Waals surface area (Å²) in [4.78, 5) is 0. The molecule has 2 atom stereocenters. The molecule has 1 aromatic rings. The molecular formula is C13H14Cl2F3N. The lowest BCUT2D eigenvalue weighted by atomic mass is 9.72. The Kier molecular flexibility index (Phi) is 4.05. The van der Waals surface area contributed by atoms with Gasteiger partial charge in [0.1, 0.15) is 0 Å². The van der Waals surface area contributed by atoms with Crippen LogP contribution < -0.4 is 5.73 Å². The second-order valence-electron chi connectivity index (χ2n) is 5.12. The molecule has 106 valence electrons. The second-order valence-corrected chi connectivity index (χ2v) is 5.96. The average Bonchev–Trinajstić information content (AvgIpc) is 2.31. The van der Waals surface area contributed by atoms with Crippen molar-refractivity contribution in [1.82, 2.24) is 0 Å². The molecule has 0 aromatic heterocycles. The summed E-state index contributed by atoms with van der Waals surface area (Å²) < 4.78 is 38.6. The lowest BCUT2D eigenvalue weighted by Crippen LogP contribution is -2.45. The monoisotopic (exact) mass is 311 g/mol. The maximum absolute atomic E-state index is 12.9. The van der Waals surface area contributed by atoms with Gasteiger partial charge >= 0.3 is 6.18 Å². The van der Waals surface area contributed by atoms with Crippen molar-refractivity contribution >= 4 is 23.2 Å². The molecule has 0 bridgehead atoms. The minimum Gasteiger partial charge on any atom is -0.321 e. The minimum atomic E-state index is -4.21. The Hall–Kier alpha value is -0.450. The first kappa shape index (κ1) is 14.9. The van der Waals surface area contributed by atoms with Crippen molar-refractivity contribution in [2.45, 2.75) is 37.4 Å². The Morgan fingerprint density at radius 2 is 1.95 bits per heavy atom. The molecule has 2 N–H and O–H groups in total. The van der Waals surface area contributed by atoms with E-state index in [1.807, 2.05) is 0 Å². The topological polar surface area (TPSA) is 26.0 Å².